The summed E-state index contributed by atoms with van der Waals surface area (Å²) in [6.07, 6.45) is 4.67. The van der Waals surface area contributed by atoms with Gasteiger partial charge in [0.25, 0.3) is 5.91 Å². The Morgan fingerprint density at radius 3 is 2.64 bits per heavy atom. The van der Waals surface area contributed by atoms with E-state index in [4.69, 9.17) is 0 Å². The minimum atomic E-state index is -0.174. The lowest BCUT2D eigenvalue weighted by Crippen LogP contribution is -2.24. The molecule has 1 aliphatic rings. The van der Waals surface area contributed by atoms with Crippen LogP contribution >= 0.6 is 0 Å². The molecule has 142 valence electrons. The molecule has 1 N–H and O–H groups in total. The Kier molecular flexibility index (Phi) is 5.14. The molecule has 1 aromatic heterocycles. The first-order valence-corrected chi connectivity index (χ1v) is 9.27. The summed E-state index contributed by atoms with van der Waals surface area (Å²) in [5.74, 6) is 0.00607. The van der Waals surface area contributed by atoms with E-state index in [1.807, 2.05) is 47.4 Å². The van der Waals surface area contributed by atoms with Crippen LogP contribution in [0, 0.1) is 0 Å². The molecule has 1 fully saturated rings. The zero-order valence-corrected chi connectivity index (χ0v) is 15.4. The summed E-state index contributed by atoms with van der Waals surface area (Å²) in [6, 6.07) is 15.1. The maximum Gasteiger partial charge on any atom is 0.255 e. The number of anilines is 1. The normalized spacial score (nSPS) is 13.7. The largest absolute Gasteiger partial charge is 0.338 e. The predicted molar refractivity (Wildman–Crippen MR) is 105 cm³/mol. The molecular formula is C21H21N5O2. The molecule has 2 aromatic carbocycles. The number of hydrogen-bond acceptors (Lipinski definition) is 4. The molecule has 0 atom stereocenters. The molecule has 28 heavy (non-hydrogen) atoms. The van der Waals surface area contributed by atoms with Gasteiger partial charge in [0.05, 0.1) is 6.54 Å². The van der Waals surface area contributed by atoms with Gasteiger partial charge < -0.3 is 10.2 Å². The highest BCUT2D eigenvalue weighted by Gasteiger charge is 2.20. The molecule has 2 amide bonds. The predicted octanol–water partition coefficient (Wildman–Crippen LogP) is 2.70. The van der Waals surface area contributed by atoms with Crippen LogP contribution in [0.1, 0.15) is 34.3 Å². The van der Waals surface area contributed by atoms with E-state index in [2.05, 4.69) is 15.4 Å². The van der Waals surface area contributed by atoms with Crippen LogP contribution < -0.4 is 5.32 Å². The van der Waals surface area contributed by atoms with Crippen LogP contribution in [0.3, 0.4) is 0 Å². The van der Waals surface area contributed by atoms with Crippen molar-refractivity contribution < 1.29 is 9.59 Å². The Balaban J connectivity index is 1.43. The maximum absolute atomic E-state index is 12.7. The number of carbonyl (C=O) groups is 2. The van der Waals surface area contributed by atoms with Gasteiger partial charge in [0.15, 0.2) is 0 Å². The average molecular weight is 375 g/mol. The highest BCUT2D eigenvalue weighted by atomic mass is 16.2. The first-order chi connectivity index (χ1) is 13.7. The smallest absolute Gasteiger partial charge is 0.255 e. The van der Waals surface area contributed by atoms with E-state index in [0.717, 1.165) is 29.8 Å². The molecule has 0 spiro atoms. The van der Waals surface area contributed by atoms with Crippen molar-refractivity contribution >= 4 is 17.5 Å². The fraction of sp³-hybridized carbons (Fsp3) is 0.238. The number of carbonyl (C=O) groups excluding carboxylic acids is 2. The quantitative estimate of drug-likeness (QED) is 0.718. The van der Waals surface area contributed by atoms with E-state index in [1.54, 1.807) is 17.1 Å². The Morgan fingerprint density at radius 1 is 1.07 bits per heavy atom. The minimum absolute atomic E-state index is 0.174. The fourth-order valence-electron chi connectivity index (χ4n) is 3.35. The van der Waals surface area contributed by atoms with Gasteiger partial charge in [-0.05, 0) is 41.8 Å². The summed E-state index contributed by atoms with van der Waals surface area (Å²) in [4.78, 5) is 30.3. The second kappa shape index (κ2) is 8.04. The second-order valence-electron chi connectivity index (χ2n) is 6.87. The maximum atomic E-state index is 12.7. The van der Waals surface area contributed by atoms with Crippen LogP contribution in [-0.4, -0.2) is 38.0 Å². The Hall–Kier alpha value is -3.48. The van der Waals surface area contributed by atoms with Gasteiger partial charge in [-0.25, -0.2) is 9.67 Å². The zero-order valence-electron chi connectivity index (χ0n) is 15.4. The summed E-state index contributed by atoms with van der Waals surface area (Å²) in [5, 5.41) is 7.04. The number of amides is 2. The van der Waals surface area contributed by atoms with Crippen molar-refractivity contribution in [2.45, 2.75) is 25.9 Å². The average Bonchev–Trinajstić information content (AvgIpc) is 3.34. The van der Waals surface area contributed by atoms with Crippen molar-refractivity contribution in [1.82, 2.24) is 19.7 Å². The van der Waals surface area contributed by atoms with E-state index < -0.39 is 0 Å². The van der Waals surface area contributed by atoms with Crippen LogP contribution in [0.5, 0.6) is 0 Å². The highest BCUT2D eigenvalue weighted by Crippen LogP contribution is 2.17. The third-order valence-corrected chi connectivity index (χ3v) is 4.73. The van der Waals surface area contributed by atoms with Crippen molar-refractivity contribution in [3.05, 3.63) is 77.9 Å². The van der Waals surface area contributed by atoms with Gasteiger partial charge in [-0.3, -0.25) is 9.59 Å². The first kappa shape index (κ1) is 17.9. The molecule has 0 radical (unpaired) electrons. The Morgan fingerprint density at radius 2 is 1.89 bits per heavy atom. The summed E-state index contributed by atoms with van der Waals surface area (Å²) in [7, 11) is 0. The summed E-state index contributed by atoms with van der Waals surface area (Å²) >= 11 is 0. The van der Waals surface area contributed by atoms with Crippen LogP contribution in [0.15, 0.2) is 61.2 Å². The molecule has 7 heteroatoms. The van der Waals surface area contributed by atoms with Gasteiger partial charge in [0.1, 0.15) is 12.7 Å². The third-order valence-electron chi connectivity index (χ3n) is 4.73. The Bertz CT molecular complexity index is 984. The zero-order chi connectivity index (χ0) is 19.3. The van der Waals surface area contributed by atoms with Gasteiger partial charge in [-0.2, -0.15) is 5.10 Å². The minimum Gasteiger partial charge on any atom is -0.338 e. The summed E-state index contributed by atoms with van der Waals surface area (Å²) < 4.78 is 1.73. The van der Waals surface area contributed by atoms with E-state index in [1.165, 1.54) is 6.33 Å². The van der Waals surface area contributed by atoms with Gasteiger partial charge in [0.2, 0.25) is 5.91 Å². The molecule has 0 bridgehead atoms. The van der Waals surface area contributed by atoms with E-state index in [9.17, 15) is 9.59 Å². The summed E-state index contributed by atoms with van der Waals surface area (Å²) in [6.45, 7) is 1.92. The number of rotatable bonds is 6. The highest BCUT2D eigenvalue weighted by molar-refractivity contribution is 6.04. The molecule has 3 aromatic rings. The molecule has 2 heterocycles. The van der Waals surface area contributed by atoms with E-state index >= 15 is 0 Å². The van der Waals surface area contributed by atoms with Gasteiger partial charge >= 0.3 is 0 Å². The lowest BCUT2D eigenvalue weighted by Gasteiger charge is -2.16. The van der Waals surface area contributed by atoms with E-state index in [-0.39, 0.29) is 11.8 Å². The Labute approximate surface area is 163 Å². The van der Waals surface area contributed by atoms with Crippen molar-refractivity contribution in [1.29, 1.82) is 0 Å². The van der Waals surface area contributed by atoms with Crippen LogP contribution in [0.25, 0.3) is 0 Å². The number of nitrogens with zero attached hydrogens (tertiary/aromatic N) is 4. The van der Waals surface area contributed by atoms with Gasteiger partial charge in [-0.15, -0.1) is 0 Å². The van der Waals surface area contributed by atoms with Crippen LogP contribution in [-0.2, 0) is 17.9 Å². The number of aromatic nitrogens is 3. The number of likely N-dealkylation sites (tertiary alicyclic amines) is 1. The number of nitrogens with one attached hydrogen (secondary N) is 1. The fourth-order valence-corrected chi connectivity index (χ4v) is 3.35. The molecule has 0 aliphatic carbocycles. The van der Waals surface area contributed by atoms with Crippen molar-refractivity contribution in [3.63, 3.8) is 0 Å². The third kappa shape index (κ3) is 4.25. The molecule has 0 saturated carbocycles. The molecule has 7 nitrogen and oxygen atoms in total. The molecule has 4 rings (SSSR count). The van der Waals surface area contributed by atoms with Crippen molar-refractivity contribution in [2.75, 3.05) is 11.9 Å². The first-order valence-electron chi connectivity index (χ1n) is 9.27. The van der Waals surface area contributed by atoms with Crippen LogP contribution in [0.4, 0.5) is 5.69 Å². The lowest BCUT2D eigenvalue weighted by molar-refractivity contribution is -0.128. The van der Waals surface area contributed by atoms with Gasteiger partial charge in [0, 0.05) is 30.8 Å². The SMILES string of the molecule is O=C(Nc1cccc(Cn2cncn2)c1)c1cccc(CN2CCCC2=O)c1. The molecule has 1 aliphatic heterocycles. The van der Waals surface area contributed by atoms with Crippen molar-refractivity contribution in [3.8, 4) is 0 Å². The number of benzene rings is 2. The van der Waals surface area contributed by atoms with Gasteiger partial charge in [-0.1, -0.05) is 24.3 Å². The van der Waals surface area contributed by atoms with Crippen LogP contribution in [0.2, 0.25) is 0 Å². The second-order valence-corrected chi connectivity index (χ2v) is 6.87. The lowest BCUT2D eigenvalue weighted by atomic mass is 10.1. The monoisotopic (exact) mass is 375 g/mol. The molecular weight excluding hydrogens is 354 g/mol. The molecule has 0 unspecified atom stereocenters. The van der Waals surface area contributed by atoms with Crippen molar-refractivity contribution in [2.24, 2.45) is 0 Å². The number of hydrogen-bond donors (Lipinski definition) is 1. The topological polar surface area (TPSA) is 80.1 Å². The van der Waals surface area contributed by atoms with E-state index in [0.29, 0.717) is 25.1 Å². The molecule has 1 saturated heterocycles. The summed E-state index contributed by atoms with van der Waals surface area (Å²) in [5.41, 5.74) is 3.28. The standard InChI is InChI=1S/C21H21N5O2/c27-20-8-3-9-25(20)12-16-4-1-6-18(10-16)21(28)24-19-7-2-5-17(11-19)13-26-15-22-14-23-26/h1-2,4-7,10-11,14-15H,3,8-9,12-13H2,(H,24,28).